The summed E-state index contributed by atoms with van der Waals surface area (Å²) < 4.78 is 6.96. The van der Waals surface area contributed by atoms with Crippen LogP contribution in [0, 0.1) is 0 Å². The molecule has 4 nitrogen and oxygen atoms in total. The molecule has 0 saturated heterocycles. The molecule has 0 radical (unpaired) electrons. The molecule has 1 aromatic heterocycles. The van der Waals surface area contributed by atoms with Crippen molar-refractivity contribution in [3.05, 3.63) is 48.2 Å². The fourth-order valence-electron chi connectivity index (χ4n) is 1.91. The molecule has 2 rings (SSSR count). The first-order chi connectivity index (χ1) is 9.13. The molecule has 4 heteroatoms. The third kappa shape index (κ3) is 2.73. The zero-order chi connectivity index (χ0) is 13.8. The Kier molecular flexibility index (Phi) is 3.80. The molecule has 2 aromatic rings. The number of nitrogens with zero attached hydrogens (tertiary/aromatic N) is 1. The Morgan fingerprint density at radius 3 is 2.84 bits per heavy atom. The fourth-order valence-corrected chi connectivity index (χ4v) is 1.91. The standard InChI is InChI=1S/C15H15NO3/c1-11(2)15(18)19-8-7-16-9-12(10-17)13-5-3-4-6-14(13)16/h3-6,9-10H,1,7-8H2,2H3. The van der Waals surface area contributed by atoms with E-state index in [-0.39, 0.29) is 6.61 Å². The number of esters is 1. The van der Waals surface area contributed by atoms with Gasteiger partial charge in [0, 0.05) is 28.2 Å². The molecular weight excluding hydrogens is 242 g/mol. The number of aldehydes is 1. The second-order valence-corrected chi connectivity index (χ2v) is 4.33. The van der Waals surface area contributed by atoms with Gasteiger partial charge >= 0.3 is 5.97 Å². The van der Waals surface area contributed by atoms with Crippen LogP contribution in [-0.2, 0) is 16.1 Å². The van der Waals surface area contributed by atoms with E-state index in [9.17, 15) is 9.59 Å². The predicted octanol–water partition coefficient (Wildman–Crippen LogP) is 2.57. The van der Waals surface area contributed by atoms with E-state index in [4.69, 9.17) is 4.74 Å². The normalized spacial score (nSPS) is 10.4. The molecule has 0 aliphatic rings. The Morgan fingerprint density at radius 1 is 1.42 bits per heavy atom. The zero-order valence-electron chi connectivity index (χ0n) is 10.8. The summed E-state index contributed by atoms with van der Waals surface area (Å²) in [7, 11) is 0. The van der Waals surface area contributed by atoms with Crippen molar-refractivity contribution < 1.29 is 14.3 Å². The maximum atomic E-state index is 11.3. The number of para-hydroxylation sites is 1. The molecule has 0 aliphatic carbocycles. The SMILES string of the molecule is C=C(C)C(=O)OCCn1cc(C=O)c2ccccc21. The minimum atomic E-state index is -0.396. The first-order valence-electron chi connectivity index (χ1n) is 5.99. The Balaban J connectivity index is 2.15. The highest BCUT2D eigenvalue weighted by Crippen LogP contribution is 2.19. The number of hydrogen-bond donors (Lipinski definition) is 0. The average molecular weight is 257 g/mol. The second kappa shape index (κ2) is 5.52. The lowest BCUT2D eigenvalue weighted by atomic mass is 10.2. The van der Waals surface area contributed by atoms with Crippen LogP contribution in [0.3, 0.4) is 0 Å². The molecule has 0 bridgehead atoms. The molecule has 0 amide bonds. The smallest absolute Gasteiger partial charge is 0.333 e. The summed E-state index contributed by atoms with van der Waals surface area (Å²) in [6.45, 7) is 5.89. The molecule has 0 saturated carbocycles. The van der Waals surface area contributed by atoms with Gasteiger partial charge in [0.15, 0.2) is 6.29 Å². The maximum absolute atomic E-state index is 11.3. The molecular formula is C15H15NO3. The van der Waals surface area contributed by atoms with Gasteiger partial charge < -0.3 is 9.30 Å². The lowest BCUT2D eigenvalue weighted by molar-refractivity contribution is -0.139. The summed E-state index contributed by atoms with van der Waals surface area (Å²) in [6.07, 6.45) is 2.60. The van der Waals surface area contributed by atoms with Crippen molar-refractivity contribution in [2.24, 2.45) is 0 Å². The summed E-state index contributed by atoms with van der Waals surface area (Å²) in [4.78, 5) is 22.3. The number of aromatic nitrogens is 1. The molecule has 1 heterocycles. The summed E-state index contributed by atoms with van der Waals surface area (Å²) >= 11 is 0. The van der Waals surface area contributed by atoms with Gasteiger partial charge in [-0.2, -0.15) is 0 Å². The van der Waals surface area contributed by atoms with Crippen LogP contribution in [0.4, 0.5) is 0 Å². The molecule has 1 aromatic carbocycles. The van der Waals surface area contributed by atoms with Crippen LogP contribution in [0.1, 0.15) is 17.3 Å². The third-order valence-corrected chi connectivity index (χ3v) is 2.86. The highest BCUT2D eigenvalue weighted by Gasteiger charge is 2.08. The fraction of sp³-hybridized carbons (Fsp3) is 0.200. The zero-order valence-corrected chi connectivity index (χ0v) is 10.8. The van der Waals surface area contributed by atoms with Gasteiger partial charge in [0.05, 0.1) is 6.54 Å². The summed E-state index contributed by atoms with van der Waals surface area (Å²) in [5.41, 5.74) is 1.98. The minimum absolute atomic E-state index is 0.253. The van der Waals surface area contributed by atoms with Crippen molar-refractivity contribution in [1.29, 1.82) is 0 Å². The van der Waals surface area contributed by atoms with Crippen molar-refractivity contribution in [3.8, 4) is 0 Å². The third-order valence-electron chi connectivity index (χ3n) is 2.86. The Hall–Kier alpha value is -2.36. The van der Waals surface area contributed by atoms with Gasteiger partial charge in [0.1, 0.15) is 6.61 Å². The number of carbonyl (C=O) groups excluding carboxylic acids is 2. The number of ether oxygens (including phenoxy) is 1. The van der Waals surface area contributed by atoms with Crippen LogP contribution in [-0.4, -0.2) is 23.4 Å². The number of hydrogen-bond acceptors (Lipinski definition) is 3. The quantitative estimate of drug-likeness (QED) is 0.470. The van der Waals surface area contributed by atoms with Crippen molar-refractivity contribution in [3.63, 3.8) is 0 Å². The molecule has 0 spiro atoms. The average Bonchev–Trinajstić information content (AvgIpc) is 2.77. The van der Waals surface area contributed by atoms with Crippen LogP contribution in [0.15, 0.2) is 42.6 Å². The Bertz CT molecular complexity index is 640. The largest absolute Gasteiger partial charge is 0.460 e. The number of benzene rings is 1. The van der Waals surface area contributed by atoms with Gasteiger partial charge in [-0.3, -0.25) is 4.79 Å². The van der Waals surface area contributed by atoms with E-state index in [0.717, 1.165) is 17.2 Å². The van der Waals surface area contributed by atoms with Crippen LogP contribution in [0.5, 0.6) is 0 Å². The van der Waals surface area contributed by atoms with Gasteiger partial charge in [-0.1, -0.05) is 24.8 Å². The van der Waals surface area contributed by atoms with Crippen LogP contribution < -0.4 is 0 Å². The first kappa shape index (κ1) is 13.1. The van der Waals surface area contributed by atoms with Crippen molar-refractivity contribution in [2.75, 3.05) is 6.61 Å². The molecule has 98 valence electrons. The van der Waals surface area contributed by atoms with E-state index in [1.165, 1.54) is 0 Å². The predicted molar refractivity (Wildman–Crippen MR) is 73.1 cm³/mol. The highest BCUT2D eigenvalue weighted by molar-refractivity contribution is 5.97. The number of carbonyl (C=O) groups is 2. The van der Waals surface area contributed by atoms with E-state index in [1.54, 1.807) is 13.1 Å². The van der Waals surface area contributed by atoms with E-state index in [1.807, 2.05) is 28.8 Å². The molecule has 0 unspecified atom stereocenters. The minimum Gasteiger partial charge on any atom is -0.460 e. The number of rotatable bonds is 5. The summed E-state index contributed by atoms with van der Waals surface area (Å²) in [6, 6.07) is 7.63. The Labute approximate surface area is 111 Å². The topological polar surface area (TPSA) is 48.3 Å². The molecule has 19 heavy (non-hydrogen) atoms. The van der Waals surface area contributed by atoms with E-state index < -0.39 is 5.97 Å². The number of fused-ring (bicyclic) bond motifs is 1. The van der Waals surface area contributed by atoms with Gasteiger partial charge in [0.2, 0.25) is 0 Å². The monoisotopic (exact) mass is 257 g/mol. The van der Waals surface area contributed by atoms with Crippen LogP contribution >= 0.6 is 0 Å². The first-order valence-corrected chi connectivity index (χ1v) is 5.99. The van der Waals surface area contributed by atoms with E-state index in [0.29, 0.717) is 17.7 Å². The van der Waals surface area contributed by atoms with Crippen molar-refractivity contribution >= 4 is 23.2 Å². The molecule has 0 fully saturated rings. The van der Waals surface area contributed by atoms with E-state index in [2.05, 4.69) is 6.58 Å². The molecule has 0 N–H and O–H groups in total. The van der Waals surface area contributed by atoms with Gasteiger partial charge in [-0.25, -0.2) is 4.79 Å². The summed E-state index contributed by atoms with van der Waals surface area (Å²) in [5.74, 6) is -0.396. The van der Waals surface area contributed by atoms with Gasteiger partial charge in [-0.05, 0) is 13.0 Å². The van der Waals surface area contributed by atoms with Gasteiger partial charge in [0.25, 0.3) is 0 Å². The lowest BCUT2D eigenvalue weighted by Crippen LogP contribution is -2.11. The second-order valence-electron chi connectivity index (χ2n) is 4.33. The molecule has 0 atom stereocenters. The maximum Gasteiger partial charge on any atom is 0.333 e. The van der Waals surface area contributed by atoms with Crippen LogP contribution in [0.25, 0.3) is 10.9 Å². The van der Waals surface area contributed by atoms with Crippen molar-refractivity contribution in [1.82, 2.24) is 4.57 Å². The highest BCUT2D eigenvalue weighted by atomic mass is 16.5. The summed E-state index contributed by atoms with van der Waals surface area (Å²) in [5, 5.41) is 0.906. The van der Waals surface area contributed by atoms with Gasteiger partial charge in [-0.15, -0.1) is 0 Å². The lowest BCUT2D eigenvalue weighted by Gasteiger charge is -2.06. The Morgan fingerprint density at radius 2 is 2.16 bits per heavy atom. The molecule has 0 aliphatic heterocycles. The van der Waals surface area contributed by atoms with Crippen LogP contribution in [0.2, 0.25) is 0 Å². The van der Waals surface area contributed by atoms with E-state index >= 15 is 0 Å². The van der Waals surface area contributed by atoms with Crippen molar-refractivity contribution in [2.45, 2.75) is 13.5 Å².